The first-order valence-corrected chi connectivity index (χ1v) is 8.18. The number of amides is 1. The molecule has 1 N–H and O–H groups in total. The van der Waals surface area contributed by atoms with Gasteiger partial charge in [-0.15, -0.1) is 0 Å². The first-order chi connectivity index (χ1) is 11.5. The minimum absolute atomic E-state index is 0.173. The van der Waals surface area contributed by atoms with Gasteiger partial charge in [0, 0.05) is 11.3 Å². The molecule has 24 heavy (non-hydrogen) atoms. The summed E-state index contributed by atoms with van der Waals surface area (Å²) in [6.45, 7) is 6.92. The summed E-state index contributed by atoms with van der Waals surface area (Å²) < 4.78 is 11.1. The number of hydrogen-bond donors (Lipinski definition) is 1. The van der Waals surface area contributed by atoms with E-state index in [1.54, 1.807) is 25.3 Å². The highest BCUT2D eigenvalue weighted by Gasteiger charge is 2.12. The van der Waals surface area contributed by atoms with Crippen LogP contribution in [-0.2, 0) is 0 Å². The minimum Gasteiger partial charge on any atom is -0.493 e. The topological polar surface area (TPSA) is 47.6 Å². The van der Waals surface area contributed by atoms with E-state index >= 15 is 0 Å². The molecule has 0 aliphatic carbocycles. The summed E-state index contributed by atoms with van der Waals surface area (Å²) in [6.07, 6.45) is 0.971. The van der Waals surface area contributed by atoms with E-state index in [0.29, 0.717) is 29.6 Å². The Hall–Kier alpha value is -2.49. The van der Waals surface area contributed by atoms with Gasteiger partial charge in [-0.3, -0.25) is 4.79 Å². The molecule has 0 saturated heterocycles. The lowest BCUT2D eigenvalue weighted by molar-refractivity contribution is 0.102. The summed E-state index contributed by atoms with van der Waals surface area (Å²) in [7, 11) is 1.58. The Balaban J connectivity index is 2.08. The zero-order valence-electron chi connectivity index (χ0n) is 14.8. The number of carbonyl (C=O) groups excluding carboxylic acids is 1. The quantitative estimate of drug-likeness (QED) is 0.803. The predicted molar refractivity (Wildman–Crippen MR) is 97.1 cm³/mol. The number of hydrogen-bond acceptors (Lipinski definition) is 3. The molecule has 0 spiro atoms. The molecule has 0 radical (unpaired) electrons. The molecule has 2 aromatic carbocycles. The van der Waals surface area contributed by atoms with Crippen molar-refractivity contribution in [2.75, 3.05) is 19.0 Å². The minimum atomic E-state index is -0.173. The lowest BCUT2D eigenvalue weighted by Crippen LogP contribution is -2.12. The third-order valence-electron chi connectivity index (χ3n) is 3.65. The van der Waals surface area contributed by atoms with E-state index in [1.807, 2.05) is 31.2 Å². The molecule has 0 heterocycles. The van der Waals surface area contributed by atoms with Gasteiger partial charge in [-0.1, -0.05) is 26.0 Å². The van der Waals surface area contributed by atoms with Crippen molar-refractivity contribution in [3.8, 4) is 11.5 Å². The largest absolute Gasteiger partial charge is 0.493 e. The lowest BCUT2D eigenvalue weighted by Gasteiger charge is -2.13. The van der Waals surface area contributed by atoms with Crippen molar-refractivity contribution < 1.29 is 14.3 Å². The Morgan fingerprint density at radius 2 is 1.92 bits per heavy atom. The molecule has 0 saturated carbocycles. The van der Waals surface area contributed by atoms with Crippen LogP contribution in [0.1, 0.15) is 36.2 Å². The van der Waals surface area contributed by atoms with Crippen molar-refractivity contribution in [3.63, 3.8) is 0 Å². The van der Waals surface area contributed by atoms with Crippen LogP contribution < -0.4 is 14.8 Å². The van der Waals surface area contributed by atoms with Crippen molar-refractivity contribution in [1.29, 1.82) is 0 Å². The Morgan fingerprint density at radius 1 is 1.12 bits per heavy atom. The third-order valence-corrected chi connectivity index (χ3v) is 3.65. The Kier molecular flexibility index (Phi) is 6.24. The molecule has 2 aromatic rings. The average Bonchev–Trinajstić information content (AvgIpc) is 2.54. The smallest absolute Gasteiger partial charge is 0.255 e. The number of nitrogens with one attached hydrogen (secondary N) is 1. The molecule has 0 aromatic heterocycles. The third kappa shape index (κ3) is 5.01. The van der Waals surface area contributed by atoms with Crippen LogP contribution in [0.2, 0.25) is 0 Å². The number of carbonyl (C=O) groups is 1. The monoisotopic (exact) mass is 327 g/mol. The van der Waals surface area contributed by atoms with E-state index < -0.39 is 0 Å². The number of methoxy groups -OCH3 is 1. The maximum Gasteiger partial charge on any atom is 0.255 e. The van der Waals surface area contributed by atoms with E-state index in [-0.39, 0.29) is 5.91 Å². The Labute approximate surface area is 143 Å². The van der Waals surface area contributed by atoms with Gasteiger partial charge in [-0.25, -0.2) is 0 Å². The second-order valence-electron chi connectivity index (χ2n) is 6.22. The summed E-state index contributed by atoms with van der Waals surface area (Å²) in [6, 6.07) is 12.9. The molecule has 0 unspecified atom stereocenters. The summed E-state index contributed by atoms with van der Waals surface area (Å²) >= 11 is 0. The number of anilines is 1. The Morgan fingerprint density at radius 3 is 2.58 bits per heavy atom. The van der Waals surface area contributed by atoms with Gasteiger partial charge in [-0.05, 0) is 55.2 Å². The highest BCUT2D eigenvalue weighted by atomic mass is 16.5. The van der Waals surface area contributed by atoms with Crippen LogP contribution in [-0.4, -0.2) is 19.6 Å². The van der Waals surface area contributed by atoms with Crippen LogP contribution in [0.25, 0.3) is 0 Å². The van der Waals surface area contributed by atoms with Crippen LogP contribution in [0.4, 0.5) is 5.69 Å². The van der Waals surface area contributed by atoms with E-state index in [1.165, 1.54) is 0 Å². The molecule has 4 nitrogen and oxygen atoms in total. The van der Waals surface area contributed by atoms with Crippen LogP contribution >= 0.6 is 0 Å². The summed E-state index contributed by atoms with van der Waals surface area (Å²) in [5.74, 6) is 1.63. The fraction of sp³-hybridized carbons (Fsp3) is 0.350. The SMILES string of the molecule is COc1cc(C(=O)Nc2cccc(C)c2)ccc1OCCC(C)C. The molecular formula is C20H25NO3. The maximum absolute atomic E-state index is 12.4. The molecule has 128 valence electrons. The fourth-order valence-electron chi connectivity index (χ4n) is 2.26. The normalized spacial score (nSPS) is 10.5. The molecule has 0 aliphatic heterocycles. The number of aryl methyl sites for hydroxylation is 1. The van der Waals surface area contributed by atoms with Gasteiger partial charge in [0.05, 0.1) is 13.7 Å². The van der Waals surface area contributed by atoms with Gasteiger partial charge in [0.25, 0.3) is 5.91 Å². The van der Waals surface area contributed by atoms with Gasteiger partial charge in [0.1, 0.15) is 0 Å². The van der Waals surface area contributed by atoms with Crippen molar-refractivity contribution >= 4 is 11.6 Å². The molecular weight excluding hydrogens is 302 g/mol. The van der Waals surface area contributed by atoms with Gasteiger partial charge < -0.3 is 14.8 Å². The van der Waals surface area contributed by atoms with Crippen molar-refractivity contribution in [2.24, 2.45) is 5.92 Å². The summed E-state index contributed by atoms with van der Waals surface area (Å²) in [5.41, 5.74) is 2.40. The van der Waals surface area contributed by atoms with Gasteiger partial charge in [0.15, 0.2) is 11.5 Å². The van der Waals surface area contributed by atoms with Crippen LogP contribution in [0.15, 0.2) is 42.5 Å². The molecule has 0 aliphatic rings. The highest BCUT2D eigenvalue weighted by Crippen LogP contribution is 2.28. The number of benzene rings is 2. The molecule has 0 bridgehead atoms. The lowest BCUT2D eigenvalue weighted by atomic mass is 10.1. The first-order valence-electron chi connectivity index (χ1n) is 8.18. The summed E-state index contributed by atoms with van der Waals surface area (Å²) in [5, 5.41) is 2.89. The first kappa shape index (κ1) is 17.9. The van der Waals surface area contributed by atoms with E-state index in [2.05, 4.69) is 19.2 Å². The predicted octanol–water partition coefficient (Wildman–Crippen LogP) is 4.68. The zero-order chi connectivity index (χ0) is 17.5. The molecule has 2 rings (SSSR count). The van der Waals surface area contributed by atoms with Crippen molar-refractivity contribution in [1.82, 2.24) is 0 Å². The standard InChI is InChI=1S/C20H25NO3/c1-14(2)10-11-24-18-9-8-16(13-19(18)23-4)20(22)21-17-7-5-6-15(3)12-17/h5-9,12-14H,10-11H2,1-4H3,(H,21,22). The van der Waals surface area contributed by atoms with Gasteiger partial charge >= 0.3 is 0 Å². The summed E-state index contributed by atoms with van der Waals surface area (Å²) in [4.78, 5) is 12.4. The number of ether oxygens (including phenoxy) is 2. The Bertz CT molecular complexity index is 695. The fourth-order valence-corrected chi connectivity index (χ4v) is 2.26. The van der Waals surface area contributed by atoms with E-state index in [9.17, 15) is 4.79 Å². The van der Waals surface area contributed by atoms with Crippen LogP contribution in [0.3, 0.4) is 0 Å². The van der Waals surface area contributed by atoms with E-state index in [0.717, 1.165) is 17.7 Å². The molecule has 0 fully saturated rings. The van der Waals surface area contributed by atoms with E-state index in [4.69, 9.17) is 9.47 Å². The average molecular weight is 327 g/mol. The zero-order valence-corrected chi connectivity index (χ0v) is 14.8. The van der Waals surface area contributed by atoms with Crippen LogP contribution in [0.5, 0.6) is 11.5 Å². The van der Waals surface area contributed by atoms with Gasteiger partial charge in [-0.2, -0.15) is 0 Å². The molecule has 4 heteroatoms. The van der Waals surface area contributed by atoms with Crippen LogP contribution in [0, 0.1) is 12.8 Å². The van der Waals surface area contributed by atoms with Crippen molar-refractivity contribution in [2.45, 2.75) is 27.2 Å². The van der Waals surface area contributed by atoms with Crippen molar-refractivity contribution in [3.05, 3.63) is 53.6 Å². The molecule has 0 atom stereocenters. The number of rotatable bonds is 7. The van der Waals surface area contributed by atoms with Gasteiger partial charge in [0.2, 0.25) is 0 Å². The second-order valence-corrected chi connectivity index (χ2v) is 6.22. The highest BCUT2D eigenvalue weighted by molar-refractivity contribution is 6.04. The maximum atomic E-state index is 12.4. The molecule has 1 amide bonds. The second kappa shape index (κ2) is 8.39.